The van der Waals surface area contributed by atoms with Gasteiger partial charge in [0.15, 0.2) is 17.3 Å². The molecule has 2 aliphatic rings. The fourth-order valence-electron chi connectivity index (χ4n) is 4.46. The Balaban J connectivity index is 1.33. The van der Waals surface area contributed by atoms with E-state index in [1.165, 1.54) is 18.0 Å². The van der Waals surface area contributed by atoms with Gasteiger partial charge < -0.3 is 30.7 Å². The van der Waals surface area contributed by atoms with E-state index in [0.29, 0.717) is 48.8 Å². The molecule has 216 valence electrons. The first-order valence-electron chi connectivity index (χ1n) is 14.8. The fourth-order valence-corrected chi connectivity index (χ4v) is 4.46. The largest absolute Gasteiger partial charge is 0.494 e. The summed E-state index contributed by atoms with van der Waals surface area (Å²) < 4.78 is 33.4. The van der Waals surface area contributed by atoms with Gasteiger partial charge in [-0.05, 0) is 37.8 Å². The lowest BCUT2D eigenvalue weighted by Gasteiger charge is -2.16. The van der Waals surface area contributed by atoms with Gasteiger partial charge >= 0.3 is 0 Å². The number of nitrogens with one attached hydrogen (secondary N) is 4. The quantitative estimate of drug-likeness (QED) is 0.253. The van der Waals surface area contributed by atoms with Crippen molar-refractivity contribution < 1.29 is 28.0 Å². The van der Waals surface area contributed by atoms with Crippen LogP contribution in [0.4, 0.5) is 17.2 Å². The minimum absolute atomic E-state index is 0.0270. The molecule has 1 aliphatic carbocycles. The van der Waals surface area contributed by atoms with E-state index in [4.69, 9.17) is 13.6 Å². The van der Waals surface area contributed by atoms with Crippen molar-refractivity contribution in [1.82, 2.24) is 35.8 Å². The number of methoxy groups -OCH3 is 1. The van der Waals surface area contributed by atoms with E-state index < -0.39 is 12.9 Å². The summed E-state index contributed by atoms with van der Waals surface area (Å²) in [5.74, 6) is -0.934. The average Bonchev–Trinajstić information content (AvgIpc) is 3.51. The number of hydrogen-bond acceptors (Lipinski definition) is 10. The van der Waals surface area contributed by atoms with Crippen LogP contribution < -0.4 is 26.0 Å². The number of amides is 3. The van der Waals surface area contributed by atoms with Crippen LogP contribution >= 0.6 is 0 Å². The Bertz CT molecular complexity index is 1520. The van der Waals surface area contributed by atoms with Crippen LogP contribution in [0, 0.1) is 5.92 Å². The summed E-state index contributed by atoms with van der Waals surface area (Å²) in [4.78, 5) is 38.7. The molecule has 5 rings (SSSR count). The highest BCUT2D eigenvalue weighted by Gasteiger charge is 2.30. The number of ether oxygens (including phenoxy) is 2. The van der Waals surface area contributed by atoms with Crippen LogP contribution in [-0.2, 0) is 20.9 Å². The molecule has 4 N–H and O–H groups in total. The minimum Gasteiger partial charge on any atom is -0.494 e. The van der Waals surface area contributed by atoms with Gasteiger partial charge in [0.2, 0.25) is 11.8 Å². The summed E-state index contributed by atoms with van der Waals surface area (Å²) in [5.41, 5.74) is 1.25. The molecular weight excluding hydrogens is 530 g/mol. The molecule has 14 heteroatoms. The number of carbonyl (C=O) groups excluding carboxylic acids is 3. The Morgan fingerprint density at radius 2 is 2.07 bits per heavy atom. The van der Waals surface area contributed by atoms with Crippen LogP contribution in [0.2, 0.25) is 0 Å². The SMILES string of the molecule is [2H]C([2H])([2H])NC(=O)c1nnc(NC(=O)C2CC2)cc1Nc1cccc(-c2cnn(CCNC(=O)CC3CCCO3)n2)c1OC. The summed E-state index contributed by atoms with van der Waals surface area (Å²) in [6.07, 6.45) is 5.28. The molecule has 0 bridgehead atoms. The average molecular weight is 567 g/mol. The second-order valence-electron chi connectivity index (χ2n) is 9.74. The number of carbonyl (C=O) groups is 3. The third-order valence-corrected chi connectivity index (χ3v) is 6.69. The van der Waals surface area contributed by atoms with Crippen molar-refractivity contribution in [3.8, 4) is 17.0 Å². The first-order chi connectivity index (χ1) is 21.1. The van der Waals surface area contributed by atoms with Crippen LogP contribution in [0.15, 0.2) is 30.5 Å². The van der Waals surface area contributed by atoms with E-state index in [2.05, 4.69) is 36.3 Å². The smallest absolute Gasteiger partial charge is 0.273 e. The molecule has 1 atom stereocenters. The van der Waals surface area contributed by atoms with Crippen LogP contribution in [0.1, 0.15) is 46.7 Å². The second kappa shape index (κ2) is 12.7. The van der Waals surface area contributed by atoms with Crippen molar-refractivity contribution in [2.45, 2.75) is 44.8 Å². The van der Waals surface area contributed by atoms with Crippen molar-refractivity contribution in [1.29, 1.82) is 0 Å². The van der Waals surface area contributed by atoms with E-state index in [1.54, 1.807) is 24.4 Å². The minimum atomic E-state index is -2.76. The number of rotatable bonds is 12. The molecule has 3 aromatic rings. The highest BCUT2D eigenvalue weighted by molar-refractivity contribution is 6.00. The van der Waals surface area contributed by atoms with Gasteiger partial charge in [0, 0.05) is 41.8 Å². The van der Waals surface area contributed by atoms with Gasteiger partial charge in [-0.15, -0.1) is 10.2 Å². The van der Waals surface area contributed by atoms with E-state index >= 15 is 0 Å². The molecular formula is C27H33N9O5. The Hall–Kier alpha value is -4.59. The molecule has 3 amide bonds. The lowest BCUT2D eigenvalue weighted by molar-refractivity contribution is -0.123. The van der Waals surface area contributed by atoms with Gasteiger partial charge in [0.1, 0.15) is 5.69 Å². The summed E-state index contributed by atoms with van der Waals surface area (Å²) in [6.45, 7) is -1.38. The predicted molar refractivity (Wildman–Crippen MR) is 149 cm³/mol. The lowest BCUT2D eigenvalue weighted by Crippen LogP contribution is -2.30. The molecule has 1 saturated heterocycles. The number of aromatic nitrogens is 5. The lowest BCUT2D eigenvalue weighted by atomic mass is 10.1. The zero-order valence-corrected chi connectivity index (χ0v) is 22.5. The normalized spacial score (nSPS) is 17.6. The third kappa shape index (κ3) is 6.95. The zero-order valence-electron chi connectivity index (χ0n) is 25.5. The summed E-state index contributed by atoms with van der Waals surface area (Å²) in [6, 6.07) is 6.59. The molecule has 1 aromatic carbocycles. The molecule has 1 unspecified atom stereocenters. The zero-order chi connectivity index (χ0) is 31.3. The maximum absolute atomic E-state index is 12.8. The van der Waals surface area contributed by atoms with E-state index in [-0.39, 0.29) is 41.0 Å². The maximum Gasteiger partial charge on any atom is 0.273 e. The topological polar surface area (TPSA) is 174 Å². The van der Waals surface area contributed by atoms with Crippen molar-refractivity contribution in [2.75, 3.05) is 37.9 Å². The number of anilines is 3. The maximum atomic E-state index is 12.8. The van der Waals surface area contributed by atoms with Gasteiger partial charge in [-0.3, -0.25) is 14.4 Å². The second-order valence-corrected chi connectivity index (χ2v) is 9.74. The molecule has 41 heavy (non-hydrogen) atoms. The fraction of sp³-hybridized carbons (Fsp3) is 0.444. The van der Waals surface area contributed by atoms with E-state index in [1.807, 2.05) is 5.32 Å². The molecule has 1 saturated carbocycles. The van der Waals surface area contributed by atoms with Crippen LogP contribution in [-0.4, -0.2) is 76.3 Å². The van der Waals surface area contributed by atoms with Crippen molar-refractivity contribution in [3.63, 3.8) is 0 Å². The van der Waals surface area contributed by atoms with Crippen LogP contribution in [0.3, 0.4) is 0 Å². The Morgan fingerprint density at radius 3 is 2.83 bits per heavy atom. The molecule has 14 nitrogen and oxygen atoms in total. The van der Waals surface area contributed by atoms with E-state index in [0.717, 1.165) is 25.7 Å². The summed E-state index contributed by atoms with van der Waals surface area (Å²) in [7, 11) is 1.46. The number of hydrogen-bond donors (Lipinski definition) is 4. The van der Waals surface area contributed by atoms with Crippen LogP contribution in [0.25, 0.3) is 11.3 Å². The summed E-state index contributed by atoms with van der Waals surface area (Å²) >= 11 is 0. The Morgan fingerprint density at radius 1 is 1.20 bits per heavy atom. The molecule has 0 spiro atoms. The van der Waals surface area contributed by atoms with Crippen molar-refractivity contribution in [2.24, 2.45) is 5.92 Å². The van der Waals surface area contributed by atoms with Gasteiger partial charge in [-0.1, -0.05) is 6.07 Å². The Labute approximate surface area is 240 Å². The van der Waals surface area contributed by atoms with Gasteiger partial charge in [-0.25, -0.2) is 0 Å². The van der Waals surface area contributed by atoms with Gasteiger partial charge in [0.25, 0.3) is 5.91 Å². The molecule has 3 heterocycles. The number of para-hydroxylation sites is 1. The molecule has 1 aliphatic heterocycles. The number of nitrogens with zero attached hydrogens (tertiary/aromatic N) is 5. The van der Waals surface area contributed by atoms with Gasteiger partial charge in [-0.2, -0.15) is 15.0 Å². The predicted octanol–water partition coefficient (Wildman–Crippen LogP) is 1.88. The van der Waals surface area contributed by atoms with Crippen molar-refractivity contribution in [3.05, 3.63) is 36.2 Å². The monoisotopic (exact) mass is 566 g/mol. The molecule has 0 radical (unpaired) electrons. The summed E-state index contributed by atoms with van der Waals surface area (Å²) in [5, 5.41) is 27.1. The third-order valence-electron chi connectivity index (χ3n) is 6.69. The first kappa shape index (κ1) is 24.2. The highest BCUT2D eigenvalue weighted by atomic mass is 16.5. The highest BCUT2D eigenvalue weighted by Crippen LogP contribution is 2.37. The number of benzene rings is 1. The standard InChI is InChI=1S/C27H33N9O5/c1-28-27(39)24-20(14-22(33-34-24)32-26(38)16-8-9-16)31-19-7-3-6-18(25(19)40-2)21-15-30-36(35-21)11-10-29-23(37)13-17-5-4-12-41-17/h3,6-7,14-17H,4-5,8-13H2,1-2H3,(H,28,39)(H,29,37)(H2,31,32,33,38)/i1D3. The first-order valence-corrected chi connectivity index (χ1v) is 13.3. The molecule has 2 fully saturated rings. The molecule has 2 aromatic heterocycles. The van der Waals surface area contributed by atoms with Gasteiger partial charge in [0.05, 0.1) is 43.8 Å². The Kier molecular flexibility index (Phi) is 7.52. The van der Waals surface area contributed by atoms with Crippen molar-refractivity contribution >= 4 is 34.9 Å². The van der Waals surface area contributed by atoms with E-state index in [9.17, 15) is 14.4 Å². The van der Waals surface area contributed by atoms with Crippen LogP contribution in [0.5, 0.6) is 5.75 Å².